The number of hydrogen-bond donors (Lipinski definition) is 1. The Hall–Kier alpha value is -1.10. The van der Waals surface area contributed by atoms with Gasteiger partial charge in [0, 0.05) is 5.56 Å². The summed E-state index contributed by atoms with van der Waals surface area (Å²) >= 11 is 2.91. The van der Waals surface area contributed by atoms with E-state index in [1.165, 1.54) is 19.2 Å². The van der Waals surface area contributed by atoms with Crippen LogP contribution in [0.1, 0.15) is 5.56 Å². The fourth-order valence-corrected chi connectivity index (χ4v) is 1.27. The van der Waals surface area contributed by atoms with Gasteiger partial charge in [-0.1, -0.05) is 6.07 Å². The van der Waals surface area contributed by atoms with Crippen molar-refractivity contribution in [2.45, 2.75) is 6.42 Å². The van der Waals surface area contributed by atoms with Gasteiger partial charge in [0.2, 0.25) is 0 Å². The summed E-state index contributed by atoms with van der Waals surface area (Å²) in [7, 11) is 1.23. The molecular formula is C9H8BrFO3. The number of methoxy groups -OCH3 is 1. The van der Waals surface area contributed by atoms with Crippen LogP contribution >= 0.6 is 15.9 Å². The number of phenolic OH excluding ortho intramolecular Hbond substituents is 1. The lowest BCUT2D eigenvalue weighted by Gasteiger charge is -2.05. The summed E-state index contributed by atoms with van der Waals surface area (Å²) in [6.07, 6.45) is -0.146. The smallest absolute Gasteiger partial charge is 0.310 e. The Balaban J connectivity index is 3.00. The van der Waals surface area contributed by atoms with Crippen LogP contribution in [0.2, 0.25) is 0 Å². The third-order valence-electron chi connectivity index (χ3n) is 1.72. The third kappa shape index (κ3) is 2.23. The number of aromatic hydroxyl groups is 1. The first kappa shape index (κ1) is 11.0. The highest BCUT2D eigenvalue weighted by atomic mass is 79.9. The monoisotopic (exact) mass is 262 g/mol. The van der Waals surface area contributed by atoms with Gasteiger partial charge in [-0.15, -0.1) is 0 Å². The van der Waals surface area contributed by atoms with E-state index in [0.29, 0.717) is 0 Å². The molecule has 0 aromatic heterocycles. The van der Waals surface area contributed by atoms with Gasteiger partial charge in [-0.25, -0.2) is 4.39 Å². The van der Waals surface area contributed by atoms with Crippen LogP contribution in [0, 0.1) is 5.82 Å². The first-order valence-corrected chi connectivity index (χ1v) is 4.58. The van der Waals surface area contributed by atoms with Gasteiger partial charge in [-0.2, -0.15) is 0 Å². The van der Waals surface area contributed by atoms with Gasteiger partial charge in [0.15, 0.2) is 11.6 Å². The number of esters is 1. The Kier molecular flexibility index (Phi) is 3.46. The van der Waals surface area contributed by atoms with Crippen LogP contribution in [-0.2, 0) is 16.0 Å². The van der Waals surface area contributed by atoms with E-state index in [4.69, 9.17) is 0 Å². The molecule has 0 saturated carbocycles. The minimum atomic E-state index is -0.772. The lowest BCUT2D eigenvalue weighted by Crippen LogP contribution is -2.05. The topological polar surface area (TPSA) is 46.5 Å². The lowest BCUT2D eigenvalue weighted by atomic mass is 10.1. The molecule has 1 rings (SSSR count). The molecule has 0 heterocycles. The Bertz CT molecular complexity index is 365. The summed E-state index contributed by atoms with van der Waals surface area (Å²) in [4.78, 5) is 10.9. The van der Waals surface area contributed by atoms with Gasteiger partial charge in [0.05, 0.1) is 18.0 Å². The van der Waals surface area contributed by atoms with Gasteiger partial charge in [0.1, 0.15) is 0 Å². The maximum absolute atomic E-state index is 13.1. The van der Waals surface area contributed by atoms with Crippen LogP contribution in [0.25, 0.3) is 0 Å². The highest BCUT2D eigenvalue weighted by Gasteiger charge is 2.13. The van der Waals surface area contributed by atoms with Crippen LogP contribution in [0.15, 0.2) is 16.6 Å². The molecule has 0 aliphatic rings. The number of carbonyl (C=O) groups excluding carboxylic acids is 1. The molecule has 1 N–H and O–H groups in total. The normalized spacial score (nSPS) is 9.93. The molecule has 0 atom stereocenters. The van der Waals surface area contributed by atoms with E-state index in [-0.39, 0.29) is 16.5 Å². The number of benzene rings is 1. The SMILES string of the molecule is COC(=O)Cc1ccc(Br)c(F)c1O. The zero-order chi connectivity index (χ0) is 10.7. The van der Waals surface area contributed by atoms with Crippen molar-refractivity contribution >= 4 is 21.9 Å². The number of halogens is 2. The van der Waals surface area contributed by atoms with Crippen molar-refractivity contribution in [2.75, 3.05) is 7.11 Å². The molecule has 3 nitrogen and oxygen atoms in total. The molecule has 1 aromatic rings. The highest BCUT2D eigenvalue weighted by Crippen LogP contribution is 2.28. The standard InChI is InChI=1S/C9H8BrFO3/c1-14-7(12)4-5-2-3-6(10)8(11)9(5)13/h2-3,13H,4H2,1H3. The van der Waals surface area contributed by atoms with E-state index >= 15 is 0 Å². The van der Waals surface area contributed by atoms with Crippen molar-refractivity contribution in [1.82, 2.24) is 0 Å². The summed E-state index contributed by atoms with van der Waals surface area (Å²) in [6, 6.07) is 2.88. The van der Waals surface area contributed by atoms with Gasteiger partial charge < -0.3 is 9.84 Å². The zero-order valence-corrected chi connectivity index (χ0v) is 8.97. The molecule has 0 bridgehead atoms. The molecule has 0 fully saturated rings. The van der Waals surface area contributed by atoms with Crippen LogP contribution < -0.4 is 0 Å². The van der Waals surface area contributed by atoms with Crippen LogP contribution in [0.4, 0.5) is 4.39 Å². The fraction of sp³-hybridized carbons (Fsp3) is 0.222. The average molecular weight is 263 g/mol. The summed E-state index contributed by atoms with van der Waals surface area (Å²) in [5.41, 5.74) is 0.206. The number of ether oxygens (including phenoxy) is 1. The highest BCUT2D eigenvalue weighted by molar-refractivity contribution is 9.10. The van der Waals surface area contributed by atoms with Crippen molar-refractivity contribution in [3.05, 3.63) is 28.0 Å². The predicted molar refractivity (Wildman–Crippen MR) is 51.5 cm³/mol. The van der Waals surface area contributed by atoms with Crippen LogP contribution in [0.5, 0.6) is 5.75 Å². The minimum absolute atomic E-state index is 0.146. The Morgan fingerprint density at radius 3 is 2.86 bits per heavy atom. The molecule has 0 saturated heterocycles. The molecule has 0 aliphatic carbocycles. The fourth-order valence-electron chi connectivity index (χ4n) is 0.950. The van der Waals surface area contributed by atoms with E-state index in [1.807, 2.05) is 0 Å². The van der Waals surface area contributed by atoms with E-state index in [9.17, 15) is 14.3 Å². The van der Waals surface area contributed by atoms with E-state index in [2.05, 4.69) is 20.7 Å². The largest absolute Gasteiger partial charge is 0.505 e. The lowest BCUT2D eigenvalue weighted by molar-refractivity contribution is -0.139. The van der Waals surface area contributed by atoms with Crippen molar-refractivity contribution in [1.29, 1.82) is 0 Å². The van der Waals surface area contributed by atoms with Crippen molar-refractivity contribution in [2.24, 2.45) is 0 Å². The second kappa shape index (κ2) is 4.41. The molecule has 0 spiro atoms. The number of hydrogen-bond acceptors (Lipinski definition) is 3. The maximum Gasteiger partial charge on any atom is 0.310 e. The molecule has 0 unspecified atom stereocenters. The predicted octanol–water partition coefficient (Wildman–Crippen LogP) is 2.01. The van der Waals surface area contributed by atoms with Gasteiger partial charge >= 0.3 is 5.97 Å². The van der Waals surface area contributed by atoms with Gasteiger partial charge in [0.25, 0.3) is 0 Å². The zero-order valence-electron chi connectivity index (χ0n) is 7.38. The quantitative estimate of drug-likeness (QED) is 0.830. The summed E-state index contributed by atoms with van der Waals surface area (Å²) in [5, 5.41) is 9.31. The maximum atomic E-state index is 13.1. The molecule has 5 heteroatoms. The van der Waals surface area contributed by atoms with Crippen molar-refractivity contribution < 1.29 is 19.0 Å². The number of rotatable bonds is 2. The second-order valence-electron chi connectivity index (χ2n) is 2.62. The summed E-state index contributed by atoms with van der Waals surface area (Å²) < 4.78 is 17.6. The Labute approximate surface area is 88.6 Å². The van der Waals surface area contributed by atoms with Crippen molar-refractivity contribution in [3.8, 4) is 5.75 Å². The summed E-state index contributed by atoms with van der Waals surface area (Å²) in [5.74, 6) is -1.82. The average Bonchev–Trinajstić information content (AvgIpc) is 2.19. The second-order valence-corrected chi connectivity index (χ2v) is 3.48. The minimum Gasteiger partial charge on any atom is -0.505 e. The van der Waals surface area contributed by atoms with Crippen molar-refractivity contribution in [3.63, 3.8) is 0 Å². The Morgan fingerprint density at radius 2 is 2.29 bits per heavy atom. The van der Waals surface area contributed by atoms with E-state index in [0.717, 1.165) is 0 Å². The molecular weight excluding hydrogens is 255 g/mol. The summed E-state index contributed by atoms with van der Waals surface area (Å²) in [6.45, 7) is 0. The molecule has 14 heavy (non-hydrogen) atoms. The van der Waals surface area contributed by atoms with E-state index in [1.54, 1.807) is 0 Å². The first-order chi connectivity index (χ1) is 6.56. The van der Waals surface area contributed by atoms with Crippen LogP contribution in [-0.4, -0.2) is 18.2 Å². The molecule has 0 radical (unpaired) electrons. The third-order valence-corrected chi connectivity index (χ3v) is 2.33. The number of phenols is 1. The number of carbonyl (C=O) groups is 1. The molecule has 0 aliphatic heterocycles. The Morgan fingerprint density at radius 1 is 1.64 bits per heavy atom. The van der Waals surface area contributed by atoms with Gasteiger partial charge in [-0.05, 0) is 22.0 Å². The van der Waals surface area contributed by atoms with Crippen LogP contribution in [0.3, 0.4) is 0 Å². The molecule has 1 aromatic carbocycles. The first-order valence-electron chi connectivity index (χ1n) is 3.79. The molecule has 76 valence electrons. The van der Waals surface area contributed by atoms with E-state index < -0.39 is 17.5 Å². The molecule has 0 amide bonds. The van der Waals surface area contributed by atoms with Gasteiger partial charge in [-0.3, -0.25) is 4.79 Å².